The minimum atomic E-state index is -1.08. The Balaban J connectivity index is 1.55. The molecule has 0 radical (unpaired) electrons. The Morgan fingerprint density at radius 2 is 1.48 bits per heavy atom. The molecular formula is C32H32N2O8. The molecule has 0 saturated carbocycles. The van der Waals surface area contributed by atoms with Gasteiger partial charge in [-0.3, -0.25) is 19.1 Å². The summed E-state index contributed by atoms with van der Waals surface area (Å²) in [6.45, 7) is 0.0810. The van der Waals surface area contributed by atoms with Crippen LogP contribution in [0.25, 0.3) is 0 Å². The summed E-state index contributed by atoms with van der Waals surface area (Å²) < 4.78 is 25.2. The Morgan fingerprint density at radius 1 is 0.905 bits per heavy atom. The van der Waals surface area contributed by atoms with Crippen LogP contribution < -0.4 is 20.7 Å². The van der Waals surface area contributed by atoms with Crippen molar-refractivity contribution in [2.75, 3.05) is 20.8 Å². The van der Waals surface area contributed by atoms with Gasteiger partial charge in [-0.25, -0.2) is 4.79 Å². The van der Waals surface area contributed by atoms with E-state index in [0.717, 1.165) is 16.7 Å². The molecule has 1 saturated heterocycles. The van der Waals surface area contributed by atoms with E-state index < -0.39 is 41.1 Å². The van der Waals surface area contributed by atoms with E-state index in [2.05, 4.69) is 4.98 Å². The van der Waals surface area contributed by atoms with Crippen LogP contribution in [0.4, 0.5) is 0 Å². The molecule has 10 heteroatoms. The summed E-state index contributed by atoms with van der Waals surface area (Å²) in [5.74, 6) is -0.143. The molecule has 3 aromatic carbocycles. The highest BCUT2D eigenvalue weighted by atomic mass is 16.6. The average molecular weight is 573 g/mol. The zero-order chi connectivity index (χ0) is 29.7. The standard InChI is InChI=1S/C32H32N2O8/c1-39-25-12-8-23(9-13-25)32(22-6-4-3-5-7-22,24-10-14-26(40-2)15-11-24)41-20-27-18-21(19-29(36)37)30(42-27)34-17-16-28(35)33-31(34)38/h3-17,21,27,30H,18-20H2,1-2H3,(H,36,37)(H,33,35,38)/t21-,27-,30+/m0/s1. The lowest BCUT2D eigenvalue weighted by Gasteiger charge is -2.37. The molecule has 2 heterocycles. The highest BCUT2D eigenvalue weighted by molar-refractivity contribution is 5.67. The molecule has 1 aromatic heterocycles. The molecule has 1 aliphatic heterocycles. The van der Waals surface area contributed by atoms with Crippen LogP contribution in [0.15, 0.2) is 101 Å². The first-order chi connectivity index (χ1) is 20.3. The topological polar surface area (TPSA) is 129 Å². The number of hydrogen-bond donors (Lipinski definition) is 2. The van der Waals surface area contributed by atoms with E-state index in [9.17, 15) is 19.5 Å². The zero-order valence-corrected chi connectivity index (χ0v) is 23.3. The molecule has 218 valence electrons. The van der Waals surface area contributed by atoms with Crippen molar-refractivity contribution in [2.24, 2.45) is 5.92 Å². The number of aliphatic carboxylic acids is 1. The monoisotopic (exact) mass is 572 g/mol. The second-order valence-electron chi connectivity index (χ2n) is 10.1. The zero-order valence-electron chi connectivity index (χ0n) is 23.3. The lowest BCUT2D eigenvalue weighted by atomic mass is 9.80. The summed E-state index contributed by atoms with van der Waals surface area (Å²) in [5, 5.41) is 9.58. The number of hydrogen-bond acceptors (Lipinski definition) is 7. The molecule has 1 aliphatic rings. The van der Waals surface area contributed by atoms with Gasteiger partial charge in [0, 0.05) is 18.2 Å². The SMILES string of the molecule is COc1ccc(C(OC[C@@H]2C[C@@H](CC(=O)O)[C@H](n3ccc(=O)[nH]c3=O)O2)(c2ccccc2)c2ccc(OC)cc2)cc1. The minimum Gasteiger partial charge on any atom is -0.497 e. The van der Waals surface area contributed by atoms with Crippen molar-refractivity contribution in [3.63, 3.8) is 0 Å². The molecule has 3 atom stereocenters. The molecule has 5 rings (SSSR count). The summed E-state index contributed by atoms with van der Waals surface area (Å²) in [6.07, 6.45) is 0.0175. The maximum Gasteiger partial charge on any atom is 0.330 e. The highest BCUT2D eigenvalue weighted by Gasteiger charge is 2.42. The lowest BCUT2D eigenvalue weighted by molar-refractivity contribution is -0.139. The number of nitrogens with zero attached hydrogens (tertiary/aromatic N) is 1. The van der Waals surface area contributed by atoms with Gasteiger partial charge in [-0.15, -0.1) is 0 Å². The van der Waals surface area contributed by atoms with E-state index >= 15 is 0 Å². The van der Waals surface area contributed by atoms with Crippen molar-refractivity contribution < 1.29 is 28.8 Å². The van der Waals surface area contributed by atoms with Crippen molar-refractivity contribution in [1.82, 2.24) is 9.55 Å². The van der Waals surface area contributed by atoms with Crippen LogP contribution in [0.5, 0.6) is 11.5 Å². The Hall–Kier alpha value is -4.67. The minimum absolute atomic E-state index is 0.0810. The molecule has 1 fully saturated rings. The fraction of sp³-hybridized carbons (Fsp3) is 0.281. The van der Waals surface area contributed by atoms with Gasteiger partial charge in [0.25, 0.3) is 5.56 Å². The first-order valence-electron chi connectivity index (χ1n) is 13.5. The van der Waals surface area contributed by atoms with Crippen LogP contribution >= 0.6 is 0 Å². The van der Waals surface area contributed by atoms with Gasteiger partial charge in [0.2, 0.25) is 0 Å². The molecule has 42 heavy (non-hydrogen) atoms. The summed E-state index contributed by atoms with van der Waals surface area (Å²) in [7, 11) is 3.21. The smallest absolute Gasteiger partial charge is 0.330 e. The number of ether oxygens (including phenoxy) is 4. The fourth-order valence-electron chi connectivity index (χ4n) is 5.55. The molecule has 0 aliphatic carbocycles. The summed E-state index contributed by atoms with van der Waals surface area (Å²) >= 11 is 0. The van der Waals surface area contributed by atoms with Gasteiger partial charge < -0.3 is 24.1 Å². The van der Waals surface area contributed by atoms with Crippen molar-refractivity contribution >= 4 is 5.97 Å². The molecule has 2 N–H and O–H groups in total. The fourth-order valence-corrected chi connectivity index (χ4v) is 5.55. The van der Waals surface area contributed by atoms with Gasteiger partial charge in [-0.1, -0.05) is 54.6 Å². The van der Waals surface area contributed by atoms with E-state index in [4.69, 9.17) is 18.9 Å². The van der Waals surface area contributed by atoms with Crippen molar-refractivity contribution in [3.05, 3.63) is 129 Å². The van der Waals surface area contributed by atoms with Crippen molar-refractivity contribution in [2.45, 2.75) is 30.8 Å². The Labute approximate surface area is 242 Å². The third-order valence-corrected chi connectivity index (χ3v) is 7.52. The molecule has 0 unspecified atom stereocenters. The summed E-state index contributed by atoms with van der Waals surface area (Å²) in [5.41, 5.74) is 0.253. The number of methoxy groups -OCH3 is 2. The van der Waals surface area contributed by atoms with E-state index in [1.165, 1.54) is 16.8 Å². The number of carbonyl (C=O) groups is 1. The Morgan fingerprint density at radius 3 is 2.00 bits per heavy atom. The summed E-state index contributed by atoms with van der Waals surface area (Å²) in [4.78, 5) is 38.1. The predicted molar refractivity (Wildman–Crippen MR) is 154 cm³/mol. The van der Waals surface area contributed by atoms with Crippen molar-refractivity contribution in [3.8, 4) is 11.5 Å². The number of carboxylic acid groups (broad SMARTS) is 1. The number of H-pyrrole nitrogens is 1. The molecule has 0 amide bonds. The van der Waals surface area contributed by atoms with Crippen LogP contribution in [0.3, 0.4) is 0 Å². The highest BCUT2D eigenvalue weighted by Crippen LogP contribution is 2.43. The number of benzene rings is 3. The Kier molecular flexibility index (Phi) is 8.56. The van der Waals surface area contributed by atoms with E-state index in [-0.39, 0.29) is 13.0 Å². The van der Waals surface area contributed by atoms with Gasteiger partial charge in [0.1, 0.15) is 23.3 Å². The van der Waals surface area contributed by atoms with Gasteiger partial charge in [-0.05, 0) is 47.4 Å². The van der Waals surface area contributed by atoms with Crippen LogP contribution in [0, 0.1) is 5.92 Å². The second kappa shape index (κ2) is 12.5. The second-order valence-corrected chi connectivity index (χ2v) is 10.1. The third-order valence-electron chi connectivity index (χ3n) is 7.52. The molecular weight excluding hydrogens is 540 g/mol. The van der Waals surface area contributed by atoms with Gasteiger partial charge in [0.15, 0.2) is 0 Å². The quantitative estimate of drug-likeness (QED) is 0.259. The average Bonchev–Trinajstić information content (AvgIpc) is 3.40. The number of carboxylic acids is 1. The molecule has 10 nitrogen and oxygen atoms in total. The van der Waals surface area contributed by atoms with Crippen LogP contribution in [0.2, 0.25) is 0 Å². The first-order valence-corrected chi connectivity index (χ1v) is 13.5. The van der Waals surface area contributed by atoms with E-state index in [1.807, 2.05) is 78.9 Å². The summed E-state index contributed by atoms with van der Waals surface area (Å²) in [6, 6.07) is 26.2. The van der Waals surface area contributed by atoms with Crippen molar-refractivity contribution in [1.29, 1.82) is 0 Å². The number of aromatic amines is 1. The first kappa shape index (κ1) is 28.8. The molecule has 0 spiro atoms. The van der Waals surface area contributed by atoms with Gasteiger partial charge >= 0.3 is 11.7 Å². The number of aromatic nitrogens is 2. The van der Waals surface area contributed by atoms with Gasteiger partial charge in [0.05, 0.1) is 33.4 Å². The lowest BCUT2D eigenvalue weighted by Crippen LogP contribution is -2.36. The predicted octanol–water partition coefficient (Wildman–Crippen LogP) is 3.94. The third kappa shape index (κ3) is 5.86. The maximum atomic E-state index is 12.6. The normalized spacial score (nSPS) is 18.5. The number of rotatable bonds is 11. The molecule has 4 aromatic rings. The molecule has 0 bridgehead atoms. The van der Waals surface area contributed by atoms with E-state index in [0.29, 0.717) is 17.9 Å². The maximum absolute atomic E-state index is 12.6. The van der Waals surface area contributed by atoms with E-state index in [1.54, 1.807) is 14.2 Å². The van der Waals surface area contributed by atoms with Crippen LogP contribution in [-0.2, 0) is 19.9 Å². The number of nitrogens with one attached hydrogen (secondary N) is 1. The Bertz CT molecular complexity index is 1570. The largest absolute Gasteiger partial charge is 0.497 e. The van der Waals surface area contributed by atoms with Gasteiger partial charge in [-0.2, -0.15) is 0 Å². The van der Waals surface area contributed by atoms with Crippen LogP contribution in [-0.4, -0.2) is 47.6 Å². The van der Waals surface area contributed by atoms with Crippen LogP contribution in [0.1, 0.15) is 35.8 Å².